The van der Waals surface area contributed by atoms with Gasteiger partial charge in [-0.3, -0.25) is 14.5 Å². The lowest BCUT2D eigenvalue weighted by Gasteiger charge is -2.15. The highest BCUT2D eigenvalue weighted by atomic mass is 35.5. The van der Waals surface area contributed by atoms with Crippen LogP contribution in [0.5, 0.6) is 0 Å². The number of carbonyl (C=O) groups is 2. The van der Waals surface area contributed by atoms with Crippen molar-refractivity contribution >= 4 is 45.6 Å². The predicted octanol–water partition coefficient (Wildman–Crippen LogP) is 3.18. The van der Waals surface area contributed by atoms with Gasteiger partial charge in [-0.15, -0.1) is 11.3 Å². The average molecular weight is 381 g/mol. The maximum atomic E-state index is 12.1. The smallest absolute Gasteiger partial charge is 0.240 e. The van der Waals surface area contributed by atoms with Crippen molar-refractivity contribution in [2.75, 3.05) is 30.8 Å². The second kappa shape index (κ2) is 8.94. The van der Waals surface area contributed by atoms with Crippen molar-refractivity contribution in [1.82, 2.24) is 9.88 Å². The molecule has 0 spiro atoms. The summed E-state index contributed by atoms with van der Waals surface area (Å²) in [7, 11) is 1.71. The summed E-state index contributed by atoms with van der Waals surface area (Å²) in [6, 6.07) is 6.92. The van der Waals surface area contributed by atoms with E-state index in [1.165, 1.54) is 11.3 Å². The van der Waals surface area contributed by atoms with Crippen LogP contribution in [0, 0.1) is 6.92 Å². The van der Waals surface area contributed by atoms with Crippen molar-refractivity contribution < 1.29 is 9.59 Å². The van der Waals surface area contributed by atoms with Crippen LogP contribution in [0.25, 0.3) is 0 Å². The lowest BCUT2D eigenvalue weighted by molar-refractivity contribution is -0.119. The van der Waals surface area contributed by atoms with Crippen LogP contribution >= 0.6 is 22.9 Å². The Balaban J connectivity index is 1.81. The summed E-state index contributed by atoms with van der Waals surface area (Å²) in [6.07, 6.45) is 0.835. The molecular weight excluding hydrogens is 360 g/mol. The van der Waals surface area contributed by atoms with Gasteiger partial charge in [0.25, 0.3) is 0 Å². The van der Waals surface area contributed by atoms with E-state index in [2.05, 4.69) is 15.6 Å². The molecule has 2 N–H and O–H groups in total. The van der Waals surface area contributed by atoms with Gasteiger partial charge in [0.2, 0.25) is 11.8 Å². The Hall–Kier alpha value is -1.96. The number of likely N-dealkylation sites (N-methyl/N-ethyl adjacent to an activating group) is 1. The molecule has 0 saturated carbocycles. The van der Waals surface area contributed by atoms with Crippen LogP contribution in [-0.4, -0.2) is 41.8 Å². The zero-order valence-corrected chi connectivity index (χ0v) is 16.0. The van der Waals surface area contributed by atoms with E-state index in [1.807, 2.05) is 13.8 Å². The summed E-state index contributed by atoms with van der Waals surface area (Å²) in [5.74, 6) is -0.412. The zero-order valence-electron chi connectivity index (χ0n) is 14.4. The number of benzene rings is 1. The van der Waals surface area contributed by atoms with Gasteiger partial charge in [-0.2, -0.15) is 0 Å². The Morgan fingerprint density at radius 1 is 1.24 bits per heavy atom. The second-order valence-corrected chi connectivity index (χ2v) is 7.29. The monoisotopic (exact) mass is 380 g/mol. The minimum absolute atomic E-state index is 0.0943. The van der Waals surface area contributed by atoms with Crippen molar-refractivity contribution in [3.8, 4) is 0 Å². The Bertz CT molecular complexity index is 763. The number of nitrogens with one attached hydrogen (secondary N) is 2. The van der Waals surface area contributed by atoms with Crippen molar-refractivity contribution in [3.63, 3.8) is 0 Å². The molecule has 2 aromatic rings. The van der Waals surface area contributed by atoms with E-state index < -0.39 is 0 Å². The number of carbonyl (C=O) groups excluding carboxylic acids is 2. The number of hydrogen-bond donors (Lipinski definition) is 2. The van der Waals surface area contributed by atoms with Crippen LogP contribution in [0.4, 0.5) is 10.8 Å². The molecule has 1 aromatic heterocycles. The summed E-state index contributed by atoms with van der Waals surface area (Å²) < 4.78 is 0. The fraction of sp³-hybridized carbons (Fsp3) is 0.353. The molecule has 2 amide bonds. The molecule has 6 nitrogen and oxygen atoms in total. The van der Waals surface area contributed by atoms with Gasteiger partial charge in [0, 0.05) is 15.6 Å². The van der Waals surface area contributed by atoms with Gasteiger partial charge in [0.15, 0.2) is 5.13 Å². The van der Waals surface area contributed by atoms with Gasteiger partial charge in [-0.05, 0) is 38.6 Å². The Morgan fingerprint density at radius 2 is 1.92 bits per heavy atom. The van der Waals surface area contributed by atoms with Crippen LogP contribution in [0.3, 0.4) is 0 Å². The summed E-state index contributed by atoms with van der Waals surface area (Å²) in [5, 5.41) is 6.67. The van der Waals surface area contributed by atoms with Crippen molar-refractivity contribution in [2.24, 2.45) is 0 Å². The topological polar surface area (TPSA) is 74.3 Å². The fourth-order valence-electron chi connectivity index (χ4n) is 2.28. The molecule has 1 heterocycles. The van der Waals surface area contributed by atoms with Gasteiger partial charge in [-0.1, -0.05) is 24.6 Å². The summed E-state index contributed by atoms with van der Waals surface area (Å²) in [4.78, 5) is 31.2. The maximum Gasteiger partial charge on any atom is 0.240 e. The van der Waals surface area contributed by atoms with E-state index in [0.29, 0.717) is 15.8 Å². The van der Waals surface area contributed by atoms with E-state index >= 15 is 0 Å². The third kappa shape index (κ3) is 6.12. The van der Waals surface area contributed by atoms with Gasteiger partial charge in [0.1, 0.15) is 0 Å². The number of aromatic nitrogens is 1. The van der Waals surface area contributed by atoms with Crippen molar-refractivity contribution in [2.45, 2.75) is 20.3 Å². The average Bonchev–Trinajstić information content (AvgIpc) is 2.86. The molecule has 2 rings (SSSR count). The summed E-state index contributed by atoms with van der Waals surface area (Å²) >= 11 is 7.34. The second-order valence-electron chi connectivity index (χ2n) is 5.65. The quantitative estimate of drug-likeness (QED) is 0.773. The molecule has 25 heavy (non-hydrogen) atoms. The molecule has 0 aliphatic rings. The van der Waals surface area contributed by atoms with Gasteiger partial charge in [0.05, 0.1) is 18.8 Å². The molecule has 1 aromatic carbocycles. The van der Waals surface area contributed by atoms with Gasteiger partial charge < -0.3 is 10.6 Å². The molecule has 8 heteroatoms. The van der Waals surface area contributed by atoms with Crippen LogP contribution in [0.15, 0.2) is 24.3 Å². The third-order valence-electron chi connectivity index (χ3n) is 3.41. The van der Waals surface area contributed by atoms with Crippen LogP contribution in [0.1, 0.15) is 17.5 Å². The summed E-state index contributed by atoms with van der Waals surface area (Å²) in [6.45, 7) is 4.21. The van der Waals surface area contributed by atoms with Crippen LogP contribution in [0.2, 0.25) is 5.02 Å². The lowest BCUT2D eigenvalue weighted by atomic mass is 10.3. The first-order valence-electron chi connectivity index (χ1n) is 7.87. The molecule has 0 bridgehead atoms. The number of amides is 2. The highest BCUT2D eigenvalue weighted by Crippen LogP contribution is 2.22. The molecule has 0 atom stereocenters. The number of rotatable bonds is 7. The van der Waals surface area contributed by atoms with Crippen molar-refractivity contribution in [1.29, 1.82) is 0 Å². The Labute approximate surface area is 156 Å². The molecular formula is C17H21ClN4O2S. The number of aryl methyl sites for hydroxylation is 2. The lowest BCUT2D eigenvalue weighted by Crippen LogP contribution is -2.36. The third-order valence-corrected chi connectivity index (χ3v) is 4.57. The number of hydrogen-bond acceptors (Lipinski definition) is 5. The molecule has 0 radical (unpaired) electrons. The number of thiazole rings is 1. The van der Waals surface area contributed by atoms with Crippen LogP contribution < -0.4 is 10.6 Å². The standard InChI is InChI=1S/C17H21ClN4O2S/c1-4-14-11(2)25-17(20-14)21-16(24)10-22(3)9-15(23)19-13-7-5-6-12(18)8-13/h5-8H,4,9-10H2,1-3H3,(H,19,23)(H,20,21,24). The molecule has 0 aliphatic heterocycles. The van der Waals surface area contributed by atoms with Crippen LogP contribution in [-0.2, 0) is 16.0 Å². The van der Waals surface area contributed by atoms with Crippen molar-refractivity contribution in [3.05, 3.63) is 39.9 Å². The molecule has 0 saturated heterocycles. The largest absolute Gasteiger partial charge is 0.325 e. The molecule has 0 aliphatic carbocycles. The molecule has 0 unspecified atom stereocenters. The fourth-order valence-corrected chi connectivity index (χ4v) is 3.39. The SMILES string of the molecule is CCc1nc(NC(=O)CN(C)CC(=O)Nc2cccc(Cl)c2)sc1C. The van der Waals surface area contributed by atoms with E-state index in [4.69, 9.17) is 11.6 Å². The van der Waals surface area contributed by atoms with Gasteiger partial charge in [-0.25, -0.2) is 4.98 Å². The maximum absolute atomic E-state index is 12.1. The first kappa shape index (κ1) is 19.4. The van der Waals surface area contributed by atoms with Gasteiger partial charge >= 0.3 is 0 Å². The minimum Gasteiger partial charge on any atom is -0.325 e. The van der Waals surface area contributed by atoms with E-state index in [0.717, 1.165) is 17.0 Å². The summed E-state index contributed by atoms with van der Waals surface area (Å²) in [5.41, 5.74) is 1.62. The van der Waals surface area contributed by atoms with E-state index in [1.54, 1.807) is 36.2 Å². The highest BCUT2D eigenvalue weighted by molar-refractivity contribution is 7.15. The zero-order chi connectivity index (χ0) is 18.4. The normalized spacial score (nSPS) is 10.8. The first-order valence-corrected chi connectivity index (χ1v) is 9.07. The highest BCUT2D eigenvalue weighted by Gasteiger charge is 2.13. The number of anilines is 2. The Kier molecular flexibility index (Phi) is 6.92. The van der Waals surface area contributed by atoms with E-state index in [-0.39, 0.29) is 24.9 Å². The minimum atomic E-state index is -0.212. The molecule has 0 fully saturated rings. The number of halogens is 1. The first-order chi connectivity index (χ1) is 11.9. The molecule has 134 valence electrons. The predicted molar refractivity (Wildman–Crippen MR) is 102 cm³/mol. The Morgan fingerprint density at radius 3 is 2.52 bits per heavy atom. The number of nitrogens with zero attached hydrogens (tertiary/aromatic N) is 2. The van der Waals surface area contributed by atoms with E-state index in [9.17, 15) is 9.59 Å².